The van der Waals surface area contributed by atoms with E-state index < -0.39 is 0 Å². The van der Waals surface area contributed by atoms with Crippen molar-refractivity contribution in [1.82, 2.24) is 10.2 Å². The summed E-state index contributed by atoms with van der Waals surface area (Å²) in [5.74, 6) is -0.0287. The molecule has 1 atom stereocenters. The van der Waals surface area contributed by atoms with Crippen LogP contribution in [0.4, 0.5) is 5.69 Å². The molecule has 0 aliphatic heterocycles. The van der Waals surface area contributed by atoms with E-state index in [1.54, 1.807) is 5.51 Å². The first-order valence-electron chi connectivity index (χ1n) is 5.45. The summed E-state index contributed by atoms with van der Waals surface area (Å²) < 4.78 is 0.807. The molecule has 18 heavy (non-hydrogen) atoms. The lowest BCUT2D eigenvalue weighted by Gasteiger charge is -2.10. The van der Waals surface area contributed by atoms with Gasteiger partial charge in [-0.25, -0.2) is 0 Å². The highest BCUT2D eigenvalue weighted by atomic mass is 32.2. The minimum atomic E-state index is -0.195. The predicted octanol–water partition coefficient (Wildman–Crippen LogP) is 2.97. The van der Waals surface area contributed by atoms with Gasteiger partial charge in [-0.2, -0.15) is 0 Å². The molecule has 1 aromatic carbocycles. The maximum absolute atomic E-state index is 11.9. The fraction of sp³-hybridized carbons (Fsp3) is 0.250. The molecule has 0 saturated heterocycles. The van der Waals surface area contributed by atoms with E-state index in [-0.39, 0.29) is 11.2 Å². The smallest absolute Gasteiger partial charge is 0.237 e. The number of rotatable bonds is 4. The predicted molar refractivity (Wildman–Crippen MR) is 75.0 cm³/mol. The molecule has 2 rings (SSSR count). The van der Waals surface area contributed by atoms with Gasteiger partial charge in [0.05, 0.1) is 5.25 Å². The Bertz CT molecular complexity index is 511. The van der Waals surface area contributed by atoms with Gasteiger partial charge in [0.1, 0.15) is 5.51 Å². The van der Waals surface area contributed by atoms with Crippen molar-refractivity contribution >= 4 is 34.7 Å². The summed E-state index contributed by atoms with van der Waals surface area (Å²) in [6.07, 6.45) is 0. The highest BCUT2D eigenvalue weighted by molar-refractivity contribution is 8.02. The Morgan fingerprint density at radius 3 is 2.72 bits per heavy atom. The lowest BCUT2D eigenvalue weighted by molar-refractivity contribution is -0.115. The molecular formula is C12H13N3OS2. The first kappa shape index (κ1) is 13.0. The zero-order valence-corrected chi connectivity index (χ0v) is 11.7. The van der Waals surface area contributed by atoms with E-state index in [0.29, 0.717) is 0 Å². The standard InChI is InChI=1S/C12H13N3OS2/c1-8-3-5-10(6-4-8)14-11(16)9(2)18-12-15-13-7-17-12/h3-7,9H,1-2H3,(H,14,16). The number of amides is 1. The number of thioether (sulfide) groups is 1. The van der Waals surface area contributed by atoms with E-state index in [4.69, 9.17) is 0 Å². The van der Waals surface area contributed by atoms with Gasteiger partial charge in [0.15, 0.2) is 4.34 Å². The number of nitrogens with zero attached hydrogens (tertiary/aromatic N) is 2. The summed E-state index contributed by atoms with van der Waals surface area (Å²) in [5.41, 5.74) is 3.65. The molecule has 2 aromatic rings. The highest BCUT2D eigenvalue weighted by Crippen LogP contribution is 2.25. The van der Waals surface area contributed by atoms with Crippen molar-refractivity contribution in [2.24, 2.45) is 0 Å². The molecule has 0 radical (unpaired) electrons. The van der Waals surface area contributed by atoms with Gasteiger partial charge in [0.25, 0.3) is 0 Å². The molecule has 1 heterocycles. The molecule has 1 N–H and O–H groups in total. The molecule has 0 bridgehead atoms. The van der Waals surface area contributed by atoms with E-state index in [1.807, 2.05) is 38.1 Å². The van der Waals surface area contributed by atoms with Crippen molar-refractivity contribution in [3.05, 3.63) is 35.3 Å². The van der Waals surface area contributed by atoms with E-state index in [9.17, 15) is 4.79 Å². The van der Waals surface area contributed by atoms with Gasteiger partial charge in [-0.1, -0.05) is 40.8 Å². The van der Waals surface area contributed by atoms with Crippen LogP contribution in [0.25, 0.3) is 0 Å². The number of carbonyl (C=O) groups excluding carboxylic acids is 1. The third-order valence-electron chi connectivity index (χ3n) is 2.31. The van der Waals surface area contributed by atoms with E-state index in [1.165, 1.54) is 28.7 Å². The molecule has 6 heteroatoms. The van der Waals surface area contributed by atoms with E-state index >= 15 is 0 Å². The minimum absolute atomic E-state index is 0.0287. The fourth-order valence-electron chi connectivity index (χ4n) is 1.30. The molecule has 94 valence electrons. The lowest BCUT2D eigenvalue weighted by atomic mass is 10.2. The van der Waals surface area contributed by atoms with Crippen LogP contribution in [-0.4, -0.2) is 21.4 Å². The molecule has 1 unspecified atom stereocenters. The Morgan fingerprint density at radius 1 is 1.39 bits per heavy atom. The number of aryl methyl sites for hydroxylation is 1. The second kappa shape index (κ2) is 5.97. The van der Waals surface area contributed by atoms with Crippen LogP contribution in [0, 0.1) is 6.92 Å². The third-order valence-corrected chi connectivity index (χ3v) is 4.22. The summed E-state index contributed by atoms with van der Waals surface area (Å²) in [6.45, 7) is 3.87. The number of anilines is 1. The van der Waals surface area contributed by atoms with Crippen LogP contribution in [0.3, 0.4) is 0 Å². The summed E-state index contributed by atoms with van der Waals surface area (Å²) in [5, 5.41) is 10.3. The van der Waals surface area contributed by atoms with Gasteiger partial charge in [0.2, 0.25) is 5.91 Å². The molecule has 1 aromatic heterocycles. The van der Waals surface area contributed by atoms with Gasteiger partial charge in [-0.3, -0.25) is 4.79 Å². The zero-order chi connectivity index (χ0) is 13.0. The van der Waals surface area contributed by atoms with Crippen LogP contribution in [0.15, 0.2) is 34.1 Å². The monoisotopic (exact) mass is 279 g/mol. The lowest BCUT2D eigenvalue weighted by Crippen LogP contribution is -2.22. The van der Waals surface area contributed by atoms with Gasteiger partial charge >= 0.3 is 0 Å². The van der Waals surface area contributed by atoms with Crippen molar-refractivity contribution in [3.8, 4) is 0 Å². The normalized spacial score (nSPS) is 12.1. The maximum Gasteiger partial charge on any atom is 0.237 e. The second-order valence-corrected chi connectivity index (χ2v) is 6.24. The molecule has 1 amide bonds. The number of benzene rings is 1. The molecule has 0 aliphatic carbocycles. The van der Waals surface area contributed by atoms with Crippen LogP contribution >= 0.6 is 23.1 Å². The van der Waals surface area contributed by atoms with Crippen molar-refractivity contribution in [2.45, 2.75) is 23.4 Å². The van der Waals surface area contributed by atoms with Gasteiger partial charge in [0, 0.05) is 5.69 Å². The van der Waals surface area contributed by atoms with Crippen LogP contribution in [0.2, 0.25) is 0 Å². The number of aromatic nitrogens is 2. The Balaban J connectivity index is 1.93. The van der Waals surface area contributed by atoms with E-state index in [0.717, 1.165) is 10.0 Å². The minimum Gasteiger partial charge on any atom is -0.325 e. The number of nitrogens with one attached hydrogen (secondary N) is 1. The number of hydrogen-bond acceptors (Lipinski definition) is 5. The Labute approximate surface area is 114 Å². The molecule has 4 nitrogen and oxygen atoms in total. The van der Waals surface area contributed by atoms with Gasteiger partial charge in [-0.15, -0.1) is 10.2 Å². The van der Waals surface area contributed by atoms with Gasteiger partial charge < -0.3 is 5.32 Å². The zero-order valence-electron chi connectivity index (χ0n) is 10.1. The fourth-order valence-corrected chi connectivity index (χ4v) is 2.93. The largest absolute Gasteiger partial charge is 0.325 e. The average molecular weight is 279 g/mol. The molecule has 0 fully saturated rings. The molecule has 0 saturated carbocycles. The Kier molecular flexibility index (Phi) is 4.33. The topological polar surface area (TPSA) is 54.9 Å². The molecule has 0 spiro atoms. The molecule has 0 aliphatic rings. The summed E-state index contributed by atoms with van der Waals surface area (Å²) in [4.78, 5) is 11.9. The first-order valence-corrected chi connectivity index (χ1v) is 7.21. The number of hydrogen-bond donors (Lipinski definition) is 1. The second-order valence-electron chi connectivity index (χ2n) is 3.82. The van der Waals surface area contributed by atoms with Crippen molar-refractivity contribution in [2.75, 3.05) is 5.32 Å². The van der Waals surface area contributed by atoms with Crippen molar-refractivity contribution < 1.29 is 4.79 Å². The van der Waals surface area contributed by atoms with Crippen LogP contribution < -0.4 is 5.32 Å². The maximum atomic E-state index is 11.9. The van der Waals surface area contributed by atoms with Crippen molar-refractivity contribution in [1.29, 1.82) is 0 Å². The summed E-state index contributed by atoms with van der Waals surface area (Å²) in [7, 11) is 0. The van der Waals surface area contributed by atoms with Crippen molar-refractivity contribution in [3.63, 3.8) is 0 Å². The van der Waals surface area contributed by atoms with Gasteiger partial charge in [-0.05, 0) is 26.0 Å². The SMILES string of the molecule is Cc1ccc(NC(=O)C(C)Sc2nncs2)cc1. The van der Waals surface area contributed by atoms with Crippen LogP contribution in [-0.2, 0) is 4.79 Å². The average Bonchev–Trinajstić information content (AvgIpc) is 2.85. The summed E-state index contributed by atoms with van der Waals surface area (Å²) in [6, 6.07) is 7.74. The first-order chi connectivity index (χ1) is 8.65. The number of carbonyl (C=O) groups is 1. The summed E-state index contributed by atoms with van der Waals surface area (Å²) >= 11 is 2.85. The van der Waals surface area contributed by atoms with E-state index in [2.05, 4.69) is 15.5 Å². The Hall–Kier alpha value is -1.40. The van der Waals surface area contributed by atoms with Crippen LogP contribution in [0.5, 0.6) is 0 Å². The van der Waals surface area contributed by atoms with Crippen LogP contribution in [0.1, 0.15) is 12.5 Å². The highest BCUT2D eigenvalue weighted by Gasteiger charge is 2.16. The quantitative estimate of drug-likeness (QED) is 0.874. The third kappa shape index (κ3) is 3.54. The molecular weight excluding hydrogens is 266 g/mol. The Morgan fingerprint density at radius 2 is 2.11 bits per heavy atom.